The highest BCUT2D eigenvalue weighted by Gasteiger charge is 2.23. The maximum absolute atomic E-state index is 12.6. The van der Waals surface area contributed by atoms with Gasteiger partial charge in [0.25, 0.3) is 5.91 Å². The molecule has 6 nitrogen and oxygen atoms in total. The van der Waals surface area contributed by atoms with Gasteiger partial charge in [-0.05, 0) is 30.5 Å². The first-order valence-corrected chi connectivity index (χ1v) is 8.68. The van der Waals surface area contributed by atoms with E-state index in [9.17, 15) is 9.59 Å². The van der Waals surface area contributed by atoms with Crippen LogP contribution in [0.3, 0.4) is 0 Å². The van der Waals surface area contributed by atoms with E-state index in [2.05, 4.69) is 5.32 Å². The molecular formula is C19H20ClN3O3. The molecule has 2 amide bonds. The molecule has 3 N–H and O–H groups in total. The molecule has 3 rings (SSSR count). The Morgan fingerprint density at radius 3 is 2.85 bits per heavy atom. The number of nitrogens with zero attached hydrogens (tertiary/aromatic N) is 1. The molecule has 0 atom stereocenters. The Morgan fingerprint density at radius 2 is 2.08 bits per heavy atom. The SMILES string of the molecule is COc1cc(N)c(Cl)cc1C(=O)NCC(=O)N1CCCc2ccccc21. The predicted octanol–water partition coefficient (Wildman–Crippen LogP) is 2.64. The zero-order chi connectivity index (χ0) is 18.7. The lowest BCUT2D eigenvalue weighted by Crippen LogP contribution is -2.42. The number of halogens is 1. The Labute approximate surface area is 156 Å². The van der Waals surface area contributed by atoms with Crippen molar-refractivity contribution in [1.82, 2.24) is 5.32 Å². The average Bonchev–Trinajstić information content (AvgIpc) is 2.67. The van der Waals surface area contributed by atoms with Crippen molar-refractivity contribution in [1.29, 1.82) is 0 Å². The number of ether oxygens (including phenoxy) is 1. The van der Waals surface area contributed by atoms with Crippen LogP contribution in [0.15, 0.2) is 36.4 Å². The fourth-order valence-corrected chi connectivity index (χ4v) is 3.22. The van der Waals surface area contributed by atoms with Gasteiger partial charge in [-0.2, -0.15) is 0 Å². The van der Waals surface area contributed by atoms with Gasteiger partial charge >= 0.3 is 0 Å². The number of rotatable bonds is 4. The molecule has 2 aromatic carbocycles. The van der Waals surface area contributed by atoms with E-state index in [1.54, 1.807) is 4.90 Å². The van der Waals surface area contributed by atoms with Gasteiger partial charge in [-0.25, -0.2) is 0 Å². The van der Waals surface area contributed by atoms with E-state index in [0.717, 1.165) is 24.1 Å². The van der Waals surface area contributed by atoms with Crippen molar-refractivity contribution < 1.29 is 14.3 Å². The van der Waals surface area contributed by atoms with E-state index in [1.807, 2.05) is 24.3 Å². The lowest BCUT2D eigenvalue weighted by molar-refractivity contribution is -0.117. The minimum Gasteiger partial charge on any atom is -0.496 e. The minimum absolute atomic E-state index is 0.113. The summed E-state index contributed by atoms with van der Waals surface area (Å²) < 4.78 is 5.18. The van der Waals surface area contributed by atoms with Crippen molar-refractivity contribution >= 4 is 34.8 Å². The molecule has 0 radical (unpaired) electrons. The van der Waals surface area contributed by atoms with E-state index in [0.29, 0.717) is 18.0 Å². The number of nitrogens with two attached hydrogens (primary N) is 1. The Hall–Kier alpha value is -2.73. The van der Waals surface area contributed by atoms with E-state index in [1.165, 1.54) is 19.2 Å². The number of hydrogen-bond donors (Lipinski definition) is 2. The van der Waals surface area contributed by atoms with Crippen molar-refractivity contribution in [3.8, 4) is 5.75 Å². The molecule has 0 aromatic heterocycles. The third kappa shape index (κ3) is 3.60. The van der Waals surface area contributed by atoms with Crippen molar-refractivity contribution in [2.45, 2.75) is 12.8 Å². The van der Waals surface area contributed by atoms with Gasteiger partial charge in [0.1, 0.15) is 5.75 Å². The number of nitrogens with one attached hydrogen (secondary N) is 1. The summed E-state index contributed by atoms with van der Waals surface area (Å²) in [5.74, 6) is -0.298. The summed E-state index contributed by atoms with van der Waals surface area (Å²) in [6.45, 7) is 0.529. The number of para-hydroxylation sites is 1. The molecule has 2 aromatic rings. The molecule has 136 valence electrons. The van der Waals surface area contributed by atoms with E-state index in [-0.39, 0.29) is 23.0 Å². The molecule has 0 fully saturated rings. The van der Waals surface area contributed by atoms with Crippen molar-refractivity contribution in [2.75, 3.05) is 30.8 Å². The fraction of sp³-hybridized carbons (Fsp3) is 0.263. The monoisotopic (exact) mass is 373 g/mol. The Morgan fingerprint density at radius 1 is 1.31 bits per heavy atom. The molecule has 1 aliphatic heterocycles. The molecule has 1 aliphatic rings. The maximum atomic E-state index is 12.6. The Balaban J connectivity index is 1.71. The fourth-order valence-electron chi connectivity index (χ4n) is 3.05. The number of benzene rings is 2. The Kier molecular flexibility index (Phi) is 5.32. The summed E-state index contributed by atoms with van der Waals surface area (Å²) in [4.78, 5) is 26.8. The molecule has 0 saturated carbocycles. The molecule has 7 heteroatoms. The molecule has 0 bridgehead atoms. The highest BCUT2D eigenvalue weighted by molar-refractivity contribution is 6.33. The van der Waals surface area contributed by atoms with E-state index < -0.39 is 5.91 Å². The van der Waals surface area contributed by atoms with Gasteiger partial charge in [-0.15, -0.1) is 0 Å². The van der Waals surface area contributed by atoms with Crippen LogP contribution in [0.4, 0.5) is 11.4 Å². The molecule has 0 spiro atoms. The minimum atomic E-state index is -0.442. The number of carbonyl (C=O) groups excluding carboxylic acids is 2. The summed E-state index contributed by atoms with van der Waals surface area (Å²) in [5.41, 5.74) is 8.33. The average molecular weight is 374 g/mol. The van der Waals surface area contributed by atoms with Crippen LogP contribution >= 0.6 is 11.6 Å². The predicted molar refractivity (Wildman–Crippen MR) is 102 cm³/mol. The second-order valence-corrected chi connectivity index (χ2v) is 6.44. The first-order valence-electron chi connectivity index (χ1n) is 8.30. The van der Waals surface area contributed by atoms with Gasteiger partial charge in [0, 0.05) is 18.3 Å². The largest absolute Gasteiger partial charge is 0.496 e. The zero-order valence-corrected chi connectivity index (χ0v) is 15.2. The first kappa shape index (κ1) is 18.1. The van der Waals surface area contributed by atoms with Crippen molar-refractivity contribution in [3.05, 3.63) is 52.5 Å². The van der Waals surface area contributed by atoms with E-state index in [4.69, 9.17) is 22.1 Å². The second kappa shape index (κ2) is 7.66. The number of anilines is 2. The van der Waals surface area contributed by atoms with Crippen LogP contribution in [0.5, 0.6) is 5.75 Å². The number of fused-ring (bicyclic) bond motifs is 1. The standard InChI is InChI=1S/C19H20ClN3O3/c1-26-17-10-15(21)14(20)9-13(17)19(25)22-11-18(24)23-8-4-6-12-5-2-3-7-16(12)23/h2-3,5,7,9-10H,4,6,8,11,21H2,1H3,(H,22,25). The number of nitrogen functional groups attached to an aromatic ring is 1. The van der Waals surface area contributed by atoms with Crippen LogP contribution in [0.1, 0.15) is 22.3 Å². The number of carbonyl (C=O) groups is 2. The van der Waals surface area contributed by atoms with Crippen LogP contribution in [0.2, 0.25) is 5.02 Å². The summed E-state index contributed by atoms with van der Waals surface area (Å²) >= 11 is 5.99. The summed E-state index contributed by atoms with van der Waals surface area (Å²) in [6.07, 6.45) is 1.85. The summed E-state index contributed by atoms with van der Waals surface area (Å²) in [6, 6.07) is 10.7. The first-order chi connectivity index (χ1) is 12.5. The maximum Gasteiger partial charge on any atom is 0.255 e. The number of hydrogen-bond acceptors (Lipinski definition) is 4. The van der Waals surface area contributed by atoms with Crippen LogP contribution in [0, 0.1) is 0 Å². The topological polar surface area (TPSA) is 84.7 Å². The van der Waals surface area contributed by atoms with Crippen molar-refractivity contribution in [3.63, 3.8) is 0 Å². The Bertz CT molecular complexity index is 854. The number of amides is 2. The highest BCUT2D eigenvalue weighted by atomic mass is 35.5. The van der Waals surface area contributed by atoms with Crippen molar-refractivity contribution in [2.24, 2.45) is 0 Å². The number of methoxy groups -OCH3 is 1. The second-order valence-electron chi connectivity index (χ2n) is 6.03. The molecule has 0 unspecified atom stereocenters. The third-order valence-corrected chi connectivity index (χ3v) is 4.70. The quantitative estimate of drug-likeness (QED) is 0.807. The smallest absolute Gasteiger partial charge is 0.255 e. The molecule has 0 saturated heterocycles. The summed E-state index contributed by atoms with van der Waals surface area (Å²) in [5, 5.41) is 2.90. The van der Waals surface area contributed by atoms with Crippen LogP contribution in [-0.2, 0) is 11.2 Å². The third-order valence-electron chi connectivity index (χ3n) is 4.37. The van der Waals surface area contributed by atoms with Gasteiger partial charge in [0.05, 0.1) is 29.9 Å². The van der Waals surface area contributed by atoms with Gasteiger partial charge < -0.3 is 20.7 Å². The molecule has 0 aliphatic carbocycles. The van der Waals surface area contributed by atoms with Gasteiger partial charge in [-0.1, -0.05) is 29.8 Å². The van der Waals surface area contributed by atoms with E-state index >= 15 is 0 Å². The lowest BCUT2D eigenvalue weighted by Gasteiger charge is -2.29. The number of aryl methyl sites for hydroxylation is 1. The van der Waals surface area contributed by atoms with Gasteiger partial charge in [0.15, 0.2) is 0 Å². The highest BCUT2D eigenvalue weighted by Crippen LogP contribution is 2.29. The summed E-state index contributed by atoms with van der Waals surface area (Å²) in [7, 11) is 1.44. The normalized spacial score (nSPS) is 13.1. The van der Waals surface area contributed by atoms with Gasteiger partial charge in [0.2, 0.25) is 5.91 Å². The molecule has 1 heterocycles. The van der Waals surface area contributed by atoms with Crippen LogP contribution in [-0.4, -0.2) is 32.0 Å². The van der Waals surface area contributed by atoms with Gasteiger partial charge in [-0.3, -0.25) is 9.59 Å². The molecule has 26 heavy (non-hydrogen) atoms. The van der Waals surface area contributed by atoms with Crippen LogP contribution < -0.4 is 20.7 Å². The molecular weight excluding hydrogens is 354 g/mol. The zero-order valence-electron chi connectivity index (χ0n) is 14.4. The lowest BCUT2D eigenvalue weighted by atomic mass is 10.0. The van der Waals surface area contributed by atoms with Crippen LogP contribution in [0.25, 0.3) is 0 Å².